The van der Waals surface area contributed by atoms with Gasteiger partial charge in [0.25, 0.3) is 0 Å². The van der Waals surface area contributed by atoms with E-state index < -0.39 is 11.6 Å². The van der Waals surface area contributed by atoms with Crippen molar-refractivity contribution in [3.63, 3.8) is 0 Å². The fourth-order valence-corrected chi connectivity index (χ4v) is 3.21. The fraction of sp³-hybridized carbons (Fsp3) is 0.923. The lowest BCUT2D eigenvalue weighted by Crippen LogP contribution is -2.49. The molecule has 0 aromatic heterocycles. The third-order valence-corrected chi connectivity index (χ3v) is 4.05. The zero-order valence-electron chi connectivity index (χ0n) is 10.6. The van der Waals surface area contributed by atoms with Crippen LogP contribution >= 0.6 is 0 Å². The molecule has 0 amide bonds. The van der Waals surface area contributed by atoms with Gasteiger partial charge in [-0.2, -0.15) is 0 Å². The second-order valence-electron chi connectivity index (χ2n) is 5.48. The Morgan fingerprint density at radius 3 is 2.44 bits per heavy atom. The molecule has 2 N–H and O–H groups in total. The first-order valence-electron chi connectivity index (χ1n) is 6.37. The van der Waals surface area contributed by atoms with Gasteiger partial charge in [-0.3, -0.25) is 0 Å². The lowest BCUT2D eigenvalue weighted by atomic mass is 9.67. The van der Waals surface area contributed by atoms with E-state index in [-0.39, 0.29) is 5.92 Å². The summed E-state index contributed by atoms with van der Waals surface area (Å²) < 4.78 is 0. The average Bonchev–Trinajstić information content (AvgIpc) is 2.17. The van der Waals surface area contributed by atoms with Crippen LogP contribution in [-0.4, -0.2) is 21.8 Å². The maximum atomic E-state index is 11.3. The number of hydrogen-bond acceptors (Lipinski definition) is 2. The molecular formula is C13H24O3. The zero-order valence-corrected chi connectivity index (χ0v) is 10.6. The van der Waals surface area contributed by atoms with Gasteiger partial charge in [0.2, 0.25) is 0 Å². The summed E-state index contributed by atoms with van der Waals surface area (Å²) in [7, 11) is 0. The topological polar surface area (TPSA) is 57.5 Å². The normalized spacial score (nSPS) is 34.4. The molecule has 0 aromatic carbocycles. The van der Waals surface area contributed by atoms with Gasteiger partial charge in [-0.1, -0.05) is 33.6 Å². The first kappa shape index (κ1) is 13.5. The van der Waals surface area contributed by atoms with Gasteiger partial charge < -0.3 is 10.2 Å². The van der Waals surface area contributed by atoms with Crippen molar-refractivity contribution in [1.29, 1.82) is 0 Å². The number of rotatable bonds is 4. The van der Waals surface area contributed by atoms with E-state index in [9.17, 15) is 15.0 Å². The van der Waals surface area contributed by atoms with Crippen molar-refractivity contribution in [2.45, 2.75) is 58.5 Å². The maximum absolute atomic E-state index is 11.3. The van der Waals surface area contributed by atoms with Crippen LogP contribution in [0.25, 0.3) is 0 Å². The summed E-state index contributed by atoms with van der Waals surface area (Å²) in [4.78, 5) is 11.3. The Labute approximate surface area is 97.9 Å². The molecule has 1 aliphatic rings. The largest absolute Gasteiger partial charge is 0.479 e. The summed E-state index contributed by atoms with van der Waals surface area (Å²) in [6, 6.07) is 0. The third-order valence-electron chi connectivity index (χ3n) is 4.05. The molecule has 0 aromatic rings. The fourth-order valence-electron chi connectivity index (χ4n) is 3.21. The predicted octanol–water partition coefficient (Wildman–Crippen LogP) is 2.67. The monoisotopic (exact) mass is 228 g/mol. The zero-order chi connectivity index (χ0) is 12.3. The van der Waals surface area contributed by atoms with Crippen LogP contribution in [0.3, 0.4) is 0 Å². The number of carbonyl (C=O) groups is 1. The Hall–Kier alpha value is -0.570. The van der Waals surface area contributed by atoms with E-state index in [0.29, 0.717) is 24.7 Å². The molecule has 3 nitrogen and oxygen atoms in total. The molecule has 0 heterocycles. The molecule has 0 spiro atoms. The summed E-state index contributed by atoms with van der Waals surface area (Å²) in [6.07, 6.45) is 3.98. The van der Waals surface area contributed by atoms with Gasteiger partial charge in [0, 0.05) is 5.92 Å². The van der Waals surface area contributed by atoms with Crippen LogP contribution in [-0.2, 0) is 4.79 Å². The van der Waals surface area contributed by atoms with Crippen molar-refractivity contribution < 1.29 is 15.0 Å². The van der Waals surface area contributed by atoms with Crippen LogP contribution in [0.2, 0.25) is 0 Å². The smallest absolute Gasteiger partial charge is 0.335 e. The molecule has 1 fully saturated rings. The molecule has 3 heteroatoms. The van der Waals surface area contributed by atoms with Crippen molar-refractivity contribution in [3.8, 4) is 0 Å². The Bertz CT molecular complexity index is 252. The lowest BCUT2D eigenvalue weighted by molar-refractivity contribution is -0.171. The lowest BCUT2D eigenvalue weighted by Gasteiger charge is -2.41. The van der Waals surface area contributed by atoms with Crippen molar-refractivity contribution in [2.75, 3.05) is 0 Å². The summed E-state index contributed by atoms with van der Waals surface area (Å²) in [5, 5.41) is 19.6. The quantitative estimate of drug-likeness (QED) is 0.777. The van der Waals surface area contributed by atoms with E-state index in [1.165, 1.54) is 0 Å². The first-order valence-corrected chi connectivity index (χ1v) is 6.37. The van der Waals surface area contributed by atoms with Gasteiger partial charge >= 0.3 is 5.97 Å². The highest BCUT2D eigenvalue weighted by Crippen LogP contribution is 2.41. The molecule has 94 valence electrons. The molecular weight excluding hydrogens is 204 g/mol. The highest BCUT2D eigenvalue weighted by molar-refractivity contribution is 5.77. The number of carboxylic acid groups (broad SMARTS) is 1. The highest BCUT2D eigenvalue weighted by atomic mass is 16.4. The second kappa shape index (κ2) is 5.17. The van der Waals surface area contributed by atoms with Crippen molar-refractivity contribution in [2.24, 2.45) is 17.8 Å². The van der Waals surface area contributed by atoms with Crippen LogP contribution in [0.4, 0.5) is 0 Å². The van der Waals surface area contributed by atoms with Crippen molar-refractivity contribution in [1.82, 2.24) is 0 Å². The molecule has 4 unspecified atom stereocenters. The highest BCUT2D eigenvalue weighted by Gasteiger charge is 2.46. The molecule has 16 heavy (non-hydrogen) atoms. The number of aliphatic carboxylic acids is 1. The van der Waals surface area contributed by atoms with Gasteiger partial charge in [0.1, 0.15) is 0 Å². The van der Waals surface area contributed by atoms with Crippen LogP contribution in [0.5, 0.6) is 0 Å². The van der Waals surface area contributed by atoms with E-state index >= 15 is 0 Å². The molecule has 4 atom stereocenters. The van der Waals surface area contributed by atoms with E-state index in [1.807, 2.05) is 6.92 Å². The minimum absolute atomic E-state index is 0.0823. The maximum Gasteiger partial charge on any atom is 0.335 e. The van der Waals surface area contributed by atoms with E-state index in [1.54, 1.807) is 0 Å². The number of aliphatic hydroxyl groups is 1. The molecule has 0 radical (unpaired) electrons. The van der Waals surface area contributed by atoms with Gasteiger partial charge in [-0.25, -0.2) is 4.79 Å². The van der Waals surface area contributed by atoms with Gasteiger partial charge in [-0.15, -0.1) is 0 Å². The van der Waals surface area contributed by atoms with Crippen LogP contribution in [0, 0.1) is 17.8 Å². The molecule has 1 saturated carbocycles. The molecule has 0 aliphatic heterocycles. The van der Waals surface area contributed by atoms with Crippen molar-refractivity contribution >= 4 is 5.97 Å². The molecule has 1 rings (SSSR count). The summed E-state index contributed by atoms with van der Waals surface area (Å²) in [5.41, 5.74) is -1.51. The van der Waals surface area contributed by atoms with Crippen LogP contribution in [0.1, 0.15) is 52.9 Å². The molecule has 1 aliphatic carbocycles. The Morgan fingerprint density at radius 2 is 2.00 bits per heavy atom. The Morgan fingerprint density at radius 1 is 1.38 bits per heavy atom. The summed E-state index contributed by atoms with van der Waals surface area (Å²) in [5.74, 6) is -0.163. The second-order valence-corrected chi connectivity index (χ2v) is 5.48. The number of hydrogen-bond donors (Lipinski definition) is 2. The van der Waals surface area contributed by atoms with Crippen LogP contribution < -0.4 is 0 Å². The van der Waals surface area contributed by atoms with Gasteiger partial charge in [0.15, 0.2) is 5.60 Å². The Balaban J connectivity index is 2.82. The van der Waals surface area contributed by atoms with E-state index in [4.69, 9.17) is 0 Å². The van der Waals surface area contributed by atoms with E-state index in [2.05, 4.69) is 13.8 Å². The minimum Gasteiger partial charge on any atom is -0.479 e. The van der Waals surface area contributed by atoms with E-state index in [0.717, 1.165) is 19.3 Å². The van der Waals surface area contributed by atoms with Gasteiger partial charge in [-0.05, 0) is 31.1 Å². The number of carboxylic acids is 1. The Kier molecular flexibility index (Phi) is 4.36. The minimum atomic E-state index is -1.51. The van der Waals surface area contributed by atoms with Crippen molar-refractivity contribution in [3.05, 3.63) is 0 Å². The first-order chi connectivity index (χ1) is 7.41. The average molecular weight is 228 g/mol. The van der Waals surface area contributed by atoms with Crippen LogP contribution in [0.15, 0.2) is 0 Å². The standard InChI is InChI=1S/C13H24O3/c1-4-7-13(16,12(14)15)11-6-5-9(2)8-10(11)3/h9-11,16H,4-8H2,1-3H3,(H,14,15). The van der Waals surface area contributed by atoms with Gasteiger partial charge in [0.05, 0.1) is 0 Å². The summed E-state index contributed by atoms with van der Waals surface area (Å²) in [6.45, 7) is 6.19. The predicted molar refractivity (Wildman–Crippen MR) is 63.2 cm³/mol. The summed E-state index contributed by atoms with van der Waals surface area (Å²) >= 11 is 0. The molecule has 0 bridgehead atoms. The molecule has 0 saturated heterocycles. The third kappa shape index (κ3) is 2.57. The SMILES string of the molecule is CCCC(O)(C(=O)O)C1CCC(C)CC1C.